The highest BCUT2D eigenvalue weighted by atomic mass is 16.5. The third-order valence-corrected chi connectivity index (χ3v) is 4.35. The summed E-state index contributed by atoms with van der Waals surface area (Å²) in [6.45, 7) is 7.01. The van der Waals surface area contributed by atoms with Crippen LogP contribution in [-0.2, 0) is 11.3 Å². The Morgan fingerprint density at radius 2 is 2.14 bits per heavy atom. The number of rotatable bonds is 9. The molecule has 0 bridgehead atoms. The van der Waals surface area contributed by atoms with Crippen molar-refractivity contribution in [2.24, 2.45) is 5.92 Å². The molecule has 22 heavy (non-hydrogen) atoms. The van der Waals surface area contributed by atoms with Gasteiger partial charge < -0.3 is 10.1 Å². The molecule has 119 valence electrons. The highest BCUT2D eigenvalue weighted by Gasteiger charge is 2.33. The molecule has 1 aliphatic rings. The van der Waals surface area contributed by atoms with Crippen LogP contribution in [0.15, 0.2) is 48.6 Å². The Morgan fingerprint density at radius 3 is 2.82 bits per heavy atom. The Kier molecular flexibility index (Phi) is 6.88. The lowest BCUT2D eigenvalue weighted by atomic mass is 9.80. The summed E-state index contributed by atoms with van der Waals surface area (Å²) in [7, 11) is 0. The van der Waals surface area contributed by atoms with E-state index in [1.807, 2.05) is 12.1 Å². The summed E-state index contributed by atoms with van der Waals surface area (Å²) in [5.41, 5.74) is 1.14. The molecule has 0 aliphatic heterocycles. The van der Waals surface area contributed by atoms with Gasteiger partial charge in [-0.1, -0.05) is 68.8 Å². The average molecular weight is 298 g/mol. The van der Waals surface area contributed by atoms with Crippen LogP contribution in [0.4, 0.5) is 0 Å². The van der Waals surface area contributed by atoms with Gasteiger partial charge in [-0.3, -0.25) is 0 Å². The van der Waals surface area contributed by atoms with Crippen molar-refractivity contribution in [3.05, 3.63) is 60.2 Å². The van der Waals surface area contributed by atoms with Crippen LogP contribution in [-0.4, -0.2) is 18.8 Å². The first-order valence-electron chi connectivity index (χ1n) is 8.40. The molecule has 0 fully saturated rings. The van der Waals surface area contributed by atoms with E-state index >= 15 is 0 Å². The molecule has 2 heteroatoms. The van der Waals surface area contributed by atoms with Crippen molar-refractivity contribution in [1.29, 1.82) is 0 Å². The quantitative estimate of drug-likeness (QED) is 0.687. The standard InChI is InChI=1S/C20H28NO/c1-3-10-18(2)20(13-8-5-9-14-20)22-16-15-21-17-19-11-6-4-7-12-19/h4-8,11-13,18,21H,3,10,14-17H2,1-2H3. The van der Waals surface area contributed by atoms with Gasteiger partial charge in [-0.15, -0.1) is 0 Å². The van der Waals surface area contributed by atoms with Crippen LogP contribution < -0.4 is 5.32 Å². The number of nitrogens with one attached hydrogen (secondary N) is 1. The third-order valence-electron chi connectivity index (χ3n) is 4.35. The monoisotopic (exact) mass is 298 g/mol. The topological polar surface area (TPSA) is 21.3 Å². The van der Waals surface area contributed by atoms with E-state index < -0.39 is 0 Å². The van der Waals surface area contributed by atoms with Crippen molar-refractivity contribution in [2.45, 2.75) is 45.3 Å². The lowest BCUT2D eigenvalue weighted by Crippen LogP contribution is -2.40. The molecule has 2 rings (SSSR count). The van der Waals surface area contributed by atoms with Gasteiger partial charge in [-0.25, -0.2) is 0 Å². The number of allylic oxidation sites excluding steroid dienone is 2. The largest absolute Gasteiger partial charge is 0.369 e. The van der Waals surface area contributed by atoms with Gasteiger partial charge >= 0.3 is 0 Å². The Bertz CT molecular complexity index is 480. The Morgan fingerprint density at radius 1 is 1.32 bits per heavy atom. The minimum Gasteiger partial charge on any atom is -0.369 e. The average Bonchev–Trinajstić information content (AvgIpc) is 2.56. The van der Waals surface area contributed by atoms with Gasteiger partial charge in [0.1, 0.15) is 0 Å². The minimum absolute atomic E-state index is 0.167. The van der Waals surface area contributed by atoms with Gasteiger partial charge in [0.2, 0.25) is 0 Å². The van der Waals surface area contributed by atoms with E-state index in [0.717, 1.165) is 26.1 Å². The van der Waals surface area contributed by atoms with E-state index in [0.29, 0.717) is 5.92 Å². The highest BCUT2D eigenvalue weighted by molar-refractivity contribution is 5.17. The van der Waals surface area contributed by atoms with Crippen molar-refractivity contribution in [3.63, 3.8) is 0 Å². The lowest BCUT2D eigenvalue weighted by Gasteiger charge is -2.37. The minimum atomic E-state index is -0.167. The maximum Gasteiger partial charge on any atom is 0.0931 e. The fourth-order valence-corrected chi connectivity index (χ4v) is 2.96. The van der Waals surface area contributed by atoms with E-state index in [1.165, 1.54) is 18.4 Å². The zero-order valence-corrected chi connectivity index (χ0v) is 13.8. The molecule has 1 aromatic carbocycles. The molecule has 1 radical (unpaired) electrons. The predicted octanol–water partition coefficient (Wildman–Crippen LogP) is 4.29. The van der Waals surface area contributed by atoms with Gasteiger partial charge in [-0.05, 0) is 24.0 Å². The van der Waals surface area contributed by atoms with Crippen LogP contribution in [0.1, 0.15) is 38.7 Å². The summed E-state index contributed by atoms with van der Waals surface area (Å²) in [5.74, 6) is 0.518. The van der Waals surface area contributed by atoms with E-state index in [9.17, 15) is 0 Å². The van der Waals surface area contributed by atoms with E-state index in [4.69, 9.17) is 4.74 Å². The maximum atomic E-state index is 6.29. The zero-order valence-electron chi connectivity index (χ0n) is 13.8. The number of hydrogen-bond donors (Lipinski definition) is 1. The van der Waals surface area contributed by atoms with Crippen molar-refractivity contribution in [1.82, 2.24) is 5.32 Å². The normalized spacial score (nSPS) is 21.9. The van der Waals surface area contributed by atoms with Crippen LogP contribution >= 0.6 is 0 Å². The van der Waals surface area contributed by atoms with Crippen molar-refractivity contribution in [3.8, 4) is 0 Å². The Balaban J connectivity index is 1.77. The molecule has 1 N–H and O–H groups in total. The first kappa shape index (κ1) is 17.0. The van der Waals surface area contributed by atoms with Crippen LogP contribution in [0.3, 0.4) is 0 Å². The molecule has 1 aliphatic carbocycles. The number of benzene rings is 1. The summed E-state index contributed by atoms with van der Waals surface area (Å²) in [6, 6.07) is 10.5. The first-order valence-corrected chi connectivity index (χ1v) is 8.40. The summed E-state index contributed by atoms with van der Waals surface area (Å²) >= 11 is 0. The summed E-state index contributed by atoms with van der Waals surface area (Å²) in [5, 5.41) is 3.45. The SMILES string of the molecule is CCCC(C)C1(OCCNCc2ccccc2)C=CC=[C]C1. The first-order chi connectivity index (χ1) is 10.8. The van der Waals surface area contributed by atoms with E-state index in [-0.39, 0.29) is 5.60 Å². The summed E-state index contributed by atoms with van der Waals surface area (Å²) in [4.78, 5) is 0. The molecule has 2 unspecified atom stereocenters. The lowest BCUT2D eigenvalue weighted by molar-refractivity contribution is -0.0467. The molecule has 2 atom stereocenters. The van der Waals surface area contributed by atoms with Crippen LogP contribution in [0.2, 0.25) is 0 Å². The molecule has 0 saturated carbocycles. The van der Waals surface area contributed by atoms with Gasteiger partial charge in [0.25, 0.3) is 0 Å². The van der Waals surface area contributed by atoms with Crippen LogP contribution in [0.25, 0.3) is 0 Å². The van der Waals surface area contributed by atoms with Gasteiger partial charge in [0, 0.05) is 19.5 Å². The number of ether oxygens (including phenoxy) is 1. The fourth-order valence-electron chi connectivity index (χ4n) is 2.96. The van der Waals surface area contributed by atoms with Gasteiger partial charge in [0.15, 0.2) is 0 Å². The van der Waals surface area contributed by atoms with Crippen LogP contribution in [0.5, 0.6) is 0 Å². The maximum absolute atomic E-state index is 6.29. The highest BCUT2D eigenvalue weighted by Crippen LogP contribution is 2.33. The second-order valence-corrected chi connectivity index (χ2v) is 6.06. The van der Waals surface area contributed by atoms with Crippen molar-refractivity contribution >= 4 is 0 Å². The molecule has 2 nitrogen and oxygen atoms in total. The van der Waals surface area contributed by atoms with E-state index in [2.05, 4.69) is 61.7 Å². The molecule has 0 aromatic heterocycles. The second-order valence-electron chi connectivity index (χ2n) is 6.06. The van der Waals surface area contributed by atoms with Crippen molar-refractivity contribution < 1.29 is 4.74 Å². The second kappa shape index (κ2) is 8.92. The molecular weight excluding hydrogens is 270 g/mol. The predicted molar refractivity (Wildman–Crippen MR) is 92.5 cm³/mol. The van der Waals surface area contributed by atoms with E-state index in [1.54, 1.807) is 0 Å². The molecule has 0 amide bonds. The molecule has 0 heterocycles. The zero-order chi connectivity index (χ0) is 15.7. The molecule has 0 spiro atoms. The number of hydrogen-bond acceptors (Lipinski definition) is 2. The van der Waals surface area contributed by atoms with Gasteiger partial charge in [0.05, 0.1) is 12.2 Å². The summed E-state index contributed by atoms with van der Waals surface area (Å²) < 4.78 is 6.29. The van der Waals surface area contributed by atoms with Crippen molar-refractivity contribution in [2.75, 3.05) is 13.2 Å². The summed E-state index contributed by atoms with van der Waals surface area (Å²) in [6.07, 6.45) is 12.9. The third kappa shape index (κ3) is 4.82. The molecule has 1 aromatic rings. The Hall–Kier alpha value is -1.38. The Labute approximate surface area is 135 Å². The smallest absolute Gasteiger partial charge is 0.0931 e. The van der Waals surface area contributed by atoms with Crippen LogP contribution in [0, 0.1) is 12.0 Å². The van der Waals surface area contributed by atoms with Gasteiger partial charge in [-0.2, -0.15) is 0 Å². The molecule has 0 saturated heterocycles. The fraction of sp³-hybridized carbons (Fsp3) is 0.500. The molecular formula is C20H28NO.